The Bertz CT molecular complexity index is 1130. The van der Waals surface area contributed by atoms with E-state index in [1.807, 2.05) is 0 Å². The quantitative estimate of drug-likeness (QED) is 0.453. The van der Waals surface area contributed by atoms with Crippen LogP contribution in [0.2, 0.25) is 5.02 Å². The Balaban J connectivity index is 1.71. The molecular weight excluding hydrogens is 447 g/mol. The molecule has 0 aliphatic carbocycles. The summed E-state index contributed by atoms with van der Waals surface area (Å²) in [5.41, 5.74) is 4.90. The van der Waals surface area contributed by atoms with Crippen LogP contribution in [-0.2, 0) is 10.9 Å². The zero-order chi connectivity index (χ0) is 22.5. The average Bonchev–Trinajstić information content (AvgIpc) is 3.24. The predicted molar refractivity (Wildman–Crippen MR) is 99.3 cm³/mol. The summed E-state index contributed by atoms with van der Waals surface area (Å²) < 4.78 is 51.2. The first kappa shape index (κ1) is 21.5. The van der Waals surface area contributed by atoms with Crippen LogP contribution in [0.3, 0.4) is 0 Å². The second-order valence-corrected chi connectivity index (χ2v) is 7.09. The van der Waals surface area contributed by atoms with E-state index in [4.69, 9.17) is 26.8 Å². The van der Waals surface area contributed by atoms with Gasteiger partial charge in [-0.15, -0.1) is 0 Å². The third kappa shape index (κ3) is 3.85. The number of nitrogens with zero attached hydrogens (tertiary/aromatic N) is 4. The van der Waals surface area contributed by atoms with Crippen LogP contribution >= 0.6 is 11.6 Å². The predicted octanol–water partition coefficient (Wildman–Crippen LogP) is 1.48. The van der Waals surface area contributed by atoms with Gasteiger partial charge in [-0.2, -0.15) is 23.1 Å². The number of fused-ring (bicyclic) bond motifs is 1. The normalized spacial score (nSPS) is 24.1. The number of ether oxygens (including phenoxy) is 2. The van der Waals surface area contributed by atoms with Crippen molar-refractivity contribution in [3.05, 3.63) is 35.1 Å². The van der Waals surface area contributed by atoms with Crippen LogP contribution < -0.4 is 10.5 Å². The maximum atomic E-state index is 13.1. The van der Waals surface area contributed by atoms with E-state index in [0.717, 1.165) is 6.07 Å². The number of rotatable bonds is 4. The van der Waals surface area contributed by atoms with Gasteiger partial charge in [0.25, 0.3) is 0 Å². The minimum atomic E-state index is -4.70. The van der Waals surface area contributed by atoms with E-state index in [9.17, 15) is 28.5 Å². The Morgan fingerprint density at radius 1 is 1.23 bits per heavy atom. The van der Waals surface area contributed by atoms with Gasteiger partial charge in [0.2, 0.25) is 0 Å². The molecule has 14 heteroatoms. The smallest absolute Gasteiger partial charge is 0.417 e. The summed E-state index contributed by atoms with van der Waals surface area (Å²) in [6.45, 7) is -0.537. The molecule has 3 aromatic rings. The number of nitrogen functional groups attached to an aromatic ring is 1. The second-order valence-electron chi connectivity index (χ2n) is 6.69. The zero-order valence-corrected chi connectivity index (χ0v) is 16.1. The Hall–Kier alpha value is -2.71. The van der Waals surface area contributed by atoms with Crippen molar-refractivity contribution in [3.8, 4) is 11.8 Å². The molecule has 1 aromatic carbocycles. The van der Waals surface area contributed by atoms with Gasteiger partial charge < -0.3 is 30.5 Å². The summed E-state index contributed by atoms with van der Waals surface area (Å²) >= 11 is 5.60. The Morgan fingerprint density at radius 2 is 1.97 bits per heavy atom. The van der Waals surface area contributed by atoms with E-state index in [0.29, 0.717) is 6.07 Å². The highest BCUT2D eigenvalue weighted by Crippen LogP contribution is 2.38. The third-order valence-corrected chi connectivity index (χ3v) is 5.00. The van der Waals surface area contributed by atoms with E-state index in [1.165, 1.54) is 17.0 Å². The molecule has 31 heavy (non-hydrogen) atoms. The van der Waals surface area contributed by atoms with Crippen molar-refractivity contribution >= 4 is 28.6 Å². The Kier molecular flexibility index (Phi) is 5.39. The molecule has 10 nitrogen and oxygen atoms in total. The molecule has 1 aliphatic rings. The van der Waals surface area contributed by atoms with E-state index in [1.54, 1.807) is 0 Å². The van der Waals surface area contributed by atoms with Gasteiger partial charge in [0, 0.05) is 0 Å². The molecular formula is C17H15ClF3N5O5. The summed E-state index contributed by atoms with van der Waals surface area (Å²) in [5.74, 6) is -0.384. The van der Waals surface area contributed by atoms with Gasteiger partial charge in [-0.25, -0.2) is 4.98 Å². The van der Waals surface area contributed by atoms with Gasteiger partial charge in [0.1, 0.15) is 24.1 Å². The Morgan fingerprint density at radius 3 is 2.61 bits per heavy atom. The number of alkyl halides is 3. The molecule has 0 unspecified atom stereocenters. The number of anilines is 1. The number of hydrogen-bond donors (Lipinski definition) is 4. The third-order valence-electron chi connectivity index (χ3n) is 4.67. The highest BCUT2D eigenvalue weighted by molar-refractivity contribution is 6.31. The molecule has 1 saturated heterocycles. The molecule has 5 N–H and O–H groups in total. The molecule has 4 atom stereocenters. The van der Waals surface area contributed by atoms with E-state index < -0.39 is 53.9 Å². The van der Waals surface area contributed by atoms with E-state index in [-0.39, 0.29) is 22.7 Å². The number of benzene rings is 1. The van der Waals surface area contributed by atoms with E-state index in [2.05, 4.69) is 15.0 Å². The summed E-state index contributed by atoms with van der Waals surface area (Å²) in [6, 6.07) is 2.51. The molecule has 0 amide bonds. The largest absolute Gasteiger partial charge is 0.424 e. The lowest BCUT2D eigenvalue weighted by molar-refractivity contribution is -0.137. The monoisotopic (exact) mass is 461 g/mol. The molecule has 1 fully saturated rings. The minimum Gasteiger partial charge on any atom is -0.424 e. The van der Waals surface area contributed by atoms with Crippen molar-refractivity contribution in [2.75, 3.05) is 12.3 Å². The molecule has 0 spiro atoms. The first-order valence-electron chi connectivity index (χ1n) is 8.77. The number of aliphatic hydroxyl groups is 3. The number of nitrogens with two attached hydrogens (primary N) is 1. The molecule has 166 valence electrons. The van der Waals surface area contributed by atoms with Crippen LogP contribution in [0.15, 0.2) is 24.5 Å². The van der Waals surface area contributed by atoms with Crippen LogP contribution in [0.4, 0.5) is 19.0 Å². The van der Waals surface area contributed by atoms with Crippen LogP contribution in [-0.4, -0.2) is 59.8 Å². The highest BCUT2D eigenvalue weighted by Gasteiger charge is 2.44. The van der Waals surface area contributed by atoms with Gasteiger partial charge in [-0.3, -0.25) is 4.57 Å². The molecule has 2 aromatic heterocycles. The number of imidazole rings is 1. The molecule has 1 aliphatic heterocycles. The van der Waals surface area contributed by atoms with Crippen molar-refractivity contribution in [3.63, 3.8) is 0 Å². The average molecular weight is 462 g/mol. The topological polar surface area (TPSA) is 149 Å². The summed E-state index contributed by atoms with van der Waals surface area (Å²) in [6.07, 6.45) is -8.45. The van der Waals surface area contributed by atoms with Crippen LogP contribution in [0.5, 0.6) is 11.8 Å². The van der Waals surface area contributed by atoms with E-state index >= 15 is 0 Å². The van der Waals surface area contributed by atoms with Crippen molar-refractivity contribution in [1.82, 2.24) is 19.5 Å². The molecule has 4 rings (SSSR count). The number of hydrogen-bond acceptors (Lipinski definition) is 9. The van der Waals surface area contributed by atoms with Gasteiger partial charge in [0.15, 0.2) is 23.2 Å². The SMILES string of the molecule is Nc1nc(Oc2ccc(Cl)c(C(F)(F)F)c2)nc2c1ncn2[C@@H]1O[C@H](CO)[C@@H](O)[C@H]1O. The fourth-order valence-electron chi connectivity index (χ4n) is 3.15. The fraction of sp³-hybridized carbons (Fsp3) is 0.353. The number of aromatic nitrogens is 4. The first-order chi connectivity index (χ1) is 14.6. The van der Waals surface area contributed by atoms with Gasteiger partial charge in [-0.05, 0) is 18.2 Å². The van der Waals surface area contributed by atoms with Crippen LogP contribution in [0.1, 0.15) is 11.8 Å². The summed E-state index contributed by atoms with van der Waals surface area (Å²) in [4.78, 5) is 12.0. The lowest BCUT2D eigenvalue weighted by atomic mass is 10.1. The number of halogens is 4. The van der Waals surface area contributed by atoms with Crippen molar-refractivity contribution in [1.29, 1.82) is 0 Å². The lowest BCUT2D eigenvalue weighted by Gasteiger charge is -2.16. The van der Waals surface area contributed by atoms with Gasteiger partial charge in [0.05, 0.1) is 23.5 Å². The standard InChI is InChI=1S/C17H15ClF3N5O5/c18-8-2-1-6(3-7(8)17(19,20)21)30-16-24-13(22)10-14(25-16)26(5-23-10)15-12(29)11(28)9(4-27)31-15/h1-3,5,9,11-12,15,27-29H,4H2,(H2,22,24,25)/t9-,11-,12-,15-/m1/s1. The van der Waals surface area contributed by atoms with Crippen molar-refractivity contribution in [2.24, 2.45) is 0 Å². The summed E-state index contributed by atoms with van der Waals surface area (Å²) in [7, 11) is 0. The second kappa shape index (κ2) is 7.76. The molecule has 0 bridgehead atoms. The molecule has 0 saturated carbocycles. The minimum absolute atomic E-state index is 0.0300. The van der Waals surface area contributed by atoms with Crippen molar-refractivity contribution < 1.29 is 38.0 Å². The Labute approximate surface area is 176 Å². The first-order valence-corrected chi connectivity index (χ1v) is 9.15. The lowest BCUT2D eigenvalue weighted by Crippen LogP contribution is -2.33. The van der Waals surface area contributed by atoms with Gasteiger partial charge in [-0.1, -0.05) is 11.6 Å². The fourth-order valence-corrected chi connectivity index (χ4v) is 3.37. The highest BCUT2D eigenvalue weighted by atomic mass is 35.5. The van der Waals surface area contributed by atoms with Crippen LogP contribution in [0, 0.1) is 0 Å². The molecule has 3 heterocycles. The summed E-state index contributed by atoms with van der Waals surface area (Å²) in [5, 5.41) is 29.0. The maximum Gasteiger partial charge on any atom is 0.417 e. The van der Waals surface area contributed by atoms with Crippen LogP contribution in [0.25, 0.3) is 11.2 Å². The zero-order valence-electron chi connectivity index (χ0n) is 15.4. The number of aliphatic hydroxyl groups excluding tert-OH is 3. The maximum absolute atomic E-state index is 13.1. The van der Waals surface area contributed by atoms with Gasteiger partial charge >= 0.3 is 12.2 Å². The molecule has 0 radical (unpaired) electrons. The van der Waals surface area contributed by atoms with Crippen molar-refractivity contribution in [2.45, 2.75) is 30.7 Å².